The molecule has 0 bridgehead atoms. The van der Waals surface area contributed by atoms with E-state index >= 15 is 0 Å². The lowest BCUT2D eigenvalue weighted by Gasteiger charge is -2.30. The first kappa shape index (κ1) is 14.8. The highest BCUT2D eigenvalue weighted by atomic mass is 32.2. The molecule has 0 aromatic carbocycles. The fraction of sp³-hybridized carbons (Fsp3) is 0.923. The summed E-state index contributed by atoms with van der Waals surface area (Å²) in [7, 11) is 0. The number of carbonyl (C=O) groups excluding carboxylic acids is 1. The minimum atomic E-state index is 0.177. The van der Waals surface area contributed by atoms with E-state index < -0.39 is 0 Å². The van der Waals surface area contributed by atoms with Crippen LogP contribution in [0.15, 0.2) is 0 Å². The number of amides is 2. The lowest BCUT2D eigenvalue weighted by Crippen LogP contribution is -2.33. The van der Waals surface area contributed by atoms with Gasteiger partial charge in [0.15, 0.2) is 0 Å². The van der Waals surface area contributed by atoms with E-state index in [9.17, 15) is 4.79 Å². The fourth-order valence-corrected chi connectivity index (χ4v) is 4.94. The van der Waals surface area contributed by atoms with E-state index in [1.54, 1.807) is 24.3 Å². The second kappa shape index (κ2) is 7.24. The van der Waals surface area contributed by atoms with Crippen molar-refractivity contribution in [1.82, 2.24) is 17.2 Å². The Labute approximate surface area is 130 Å². The number of carbonyl (C=O) groups is 1. The number of hydrogen-bond donors (Lipinski definition) is 0. The summed E-state index contributed by atoms with van der Waals surface area (Å²) in [5.74, 6) is 0. The molecule has 7 heteroatoms. The van der Waals surface area contributed by atoms with Gasteiger partial charge < -0.3 is 0 Å². The van der Waals surface area contributed by atoms with Crippen LogP contribution in [0.1, 0.15) is 38.5 Å². The fourth-order valence-electron chi connectivity index (χ4n) is 2.82. The van der Waals surface area contributed by atoms with Crippen LogP contribution in [-0.4, -0.2) is 62.5 Å². The first-order valence-corrected chi connectivity index (χ1v) is 9.24. The Morgan fingerprint density at radius 3 is 1.40 bits per heavy atom. The monoisotopic (exact) mass is 316 g/mol. The van der Waals surface area contributed by atoms with Crippen LogP contribution in [0.25, 0.3) is 0 Å². The molecule has 20 heavy (non-hydrogen) atoms. The second-order valence-corrected chi connectivity index (χ2v) is 7.87. The largest absolute Gasteiger partial charge is 0.342 e. The standard InChI is InChI=1S/C13H24N4OS2/c18-13-16(19-14-7-3-1-4-8-14)11-12-17(13)20-15-9-5-2-6-10-15/h1-12H2. The molecule has 114 valence electrons. The molecule has 2 amide bonds. The predicted molar refractivity (Wildman–Crippen MR) is 84.8 cm³/mol. The van der Waals surface area contributed by atoms with Crippen molar-refractivity contribution in [3.05, 3.63) is 0 Å². The topological polar surface area (TPSA) is 30.0 Å². The van der Waals surface area contributed by atoms with Crippen LogP contribution in [0, 0.1) is 0 Å². The van der Waals surface area contributed by atoms with Crippen molar-refractivity contribution in [2.45, 2.75) is 38.5 Å². The maximum Gasteiger partial charge on any atom is 0.342 e. The van der Waals surface area contributed by atoms with Gasteiger partial charge in [-0.15, -0.1) is 0 Å². The number of rotatable bonds is 4. The lowest BCUT2D eigenvalue weighted by molar-refractivity contribution is 0.225. The Morgan fingerprint density at radius 1 is 0.600 bits per heavy atom. The zero-order chi connectivity index (χ0) is 13.8. The molecule has 0 aromatic rings. The van der Waals surface area contributed by atoms with E-state index in [1.165, 1.54) is 38.5 Å². The quantitative estimate of drug-likeness (QED) is 0.744. The summed E-state index contributed by atoms with van der Waals surface area (Å²) in [6, 6.07) is 0.177. The number of nitrogens with zero attached hydrogens (tertiary/aromatic N) is 4. The van der Waals surface area contributed by atoms with Gasteiger partial charge in [-0.25, -0.2) is 13.4 Å². The normalized spacial score (nSPS) is 26.5. The SMILES string of the molecule is O=C1N(SN2CCCCC2)CCN1SN1CCCCC1. The number of urea groups is 1. The van der Waals surface area contributed by atoms with E-state index in [4.69, 9.17) is 0 Å². The molecule has 5 nitrogen and oxygen atoms in total. The lowest BCUT2D eigenvalue weighted by atomic mass is 10.2. The number of piperidine rings is 2. The van der Waals surface area contributed by atoms with Gasteiger partial charge in [-0.3, -0.25) is 8.61 Å². The van der Waals surface area contributed by atoms with Gasteiger partial charge in [0, 0.05) is 50.4 Å². The van der Waals surface area contributed by atoms with Crippen molar-refractivity contribution in [3.8, 4) is 0 Å². The molecule has 0 aromatic heterocycles. The summed E-state index contributed by atoms with van der Waals surface area (Å²) in [5, 5.41) is 0. The third kappa shape index (κ3) is 3.75. The first-order chi connectivity index (χ1) is 9.83. The van der Waals surface area contributed by atoms with Crippen molar-refractivity contribution in [1.29, 1.82) is 0 Å². The minimum absolute atomic E-state index is 0.177. The predicted octanol–water partition coefficient (Wildman–Crippen LogP) is 2.82. The molecule has 0 saturated carbocycles. The van der Waals surface area contributed by atoms with Crippen molar-refractivity contribution in [2.24, 2.45) is 0 Å². The van der Waals surface area contributed by atoms with Crippen LogP contribution < -0.4 is 0 Å². The molecule has 0 unspecified atom stereocenters. The van der Waals surface area contributed by atoms with E-state index in [0.717, 1.165) is 39.3 Å². The van der Waals surface area contributed by atoms with Crippen LogP contribution in [0.5, 0.6) is 0 Å². The summed E-state index contributed by atoms with van der Waals surface area (Å²) >= 11 is 3.29. The van der Waals surface area contributed by atoms with Gasteiger partial charge in [0.05, 0.1) is 13.1 Å². The molecule has 0 aliphatic carbocycles. The highest BCUT2D eigenvalue weighted by molar-refractivity contribution is 7.96. The molecule has 0 spiro atoms. The summed E-state index contributed by atoms with van der Waals surface area (Å²) in [4.78, 5) is 12.4. The molecule has 3 rings (SSSR count). The molecular formula is C13H24N4OS2. The van der Waals surface area contributed by atoms with E-state index in [2.05, 4.69) is 8.61 Å². The Bertz CT molecular complexity index is 302. The highest BCUT2D eigenvalue weighted by Gasteiger charge is 2.33. The summed E-state index contributed by atoms with van der Waals surface area (Å²) in [5.41, 5.74) is 0. The van der Waals surface area contributed by atoms with Crippen LogP contribution in [0.2, 0.25) is 0 Å². The smallest absolute Gasteiger partial charge is 0.252 e. The van der Waals surface area contributed by atoms with Gasteiger partial charge in [0.1, 0.15) is 0 Å². The number of hydrogen-bond acceptors (Lipinski definition) is 5. The van der Waals surface area contributed by atoms with Gasteiger partial charge in [0.25, 0.3) is 0 Å². The van der Waals surface area contributed by atoms with Crippen molar-refractivity contribution in [3.63, 3.8) is 0 Å². The van der Waals surface area contributed by atoms with E-state index in [-0.39, 0.29) is 6.03 Å². The molecule has 3 aliphatic rings. The molecule has 3 saturated heterocycles. The molecule has 3 fully saturated rings. The Kier molecular flexibility index (Phi) is 5.36. The van der Waals surface area contributed by atoms with Gasteiger partial charge in [-0.05, 0) is 25.7 Å². The van der Waals surface area contributed by atoms with Crippen LogP contribution in [-0.2, 0) is 0 Å². The van der Waals surface area contributed by atoms with E-state index in [1.807, 2.05) is 8.61 Å². The van der Waals surface area contributed by atoms with Gasteiger partial charge in [-0.1, -0.05) is 12.8 Å². The average Bonchev–Trinajstić information content (AvgIpc) is 2.83. The third-order valence-corrected chi connectivity index (χ3v) is 6.25. The molecule has 0 N–H and O–H groups in total. The van der Waals surface area contributed by atoms with Crippen LogP contribution in [0.3, 0.4) is 0 Å². The maximum atomic E-state index is 12.4. The van der Waals surface area contributed by atoms with Crippen molar-refractivity contribution >= 4 is 30.3 Å². The molecule has 0 radical (unpaired) electrons. The van der Waals surface area contributed by atoms with Gasteiger partial charge >= 0.3 is 6.03 Å². The summed E-state index contributed by atoms with van der Waals surface area (Å²) in [6.07, 6.45) is 7.73. The Balaban J connectivity index is 1.46. The molecule has 0 atom stereocenters. The minimum Gasteiger partial charge on any atom is -0.252 e. The molecular weight excluding hydrogens is 292 g/mol. The van der Waals surface area contributed by atoms with Crippen molar-refractivity contribution in [2.75, 3.05) is 39.3 Å². The summed E-state index contributed by atoms with van der Waals surface area (Å²) < 4.78 is 8.55. The third-order valence-electron chi connectivity index (χ3n) is 3.99. The second-order valence-electron chi connectivity index (χ2n) is 5.63. The highest BCUT2D eigenvalue weighted by Crippen LogP contribution is 2.30. The van der Waals surface area contributed by atoms with Gasteiger partial charge in [0.2, 0.25) is 0 Å². The van der Waals surface area contributed by atoms with Crippen LogP contribution >= 0.6 is 24.3 Å². The Morgan fingerprint density at radius 2 is 1.00 bits per heavy atom. The first-order valence-electron chi connectivity index (χ1n) is 7.78. The van der Waals surface area contributed by atoms with Crippen molar-refractivity contribution < 1.29 is 4.79 Å². The Hall–Kier alpha value is -0.110. The zero-order valence-electron chi connectivity index (χ0n) is 12.0. The molecule has 3 aliphatic heterocycles. The average molecular weight is 316 g/mol. The van der Waals surface area contributed by atoms with E-state index in [0.29, 0.717) is 0 Å². The maximum absolute atomic E-state index is 12.4. The van der Waals surface area contributed by atoms with Crippen LogP contribution in [0.4, 0.5) is 4.79 Å². The zero-order valence-corrected chi connectivity index (χ0v) is 13.6. The summed E-state index contributed by atoms with van der Waals surface area (Å²) in [6.45, 7) is 6.17. The van der Waals surface area contributed by atoms with Gasteiger partial charge in [-0.2, -0.15) is 0 Å². The molecule has 3 heterocycles.